The predicted octanol–water partition coefficient (Wildman–Crippen LogP) is 1.83. The van der Waals surface area contributed by atoms with Gasteiger partial charge in [0.1, 0.15) is 11.5 Å². The Morgan fingerprint density at radius 2 is 1.11 bits per heavy atom. The summed E-state index contributed by atoms with van der Waals surface area (Å²) in [6, 6.07) is 13.1. The Balaban J connectivity index is 0.000000157. The predicted molar refractivity (Wildman–Crippen MR) is 90.6 cm³/mol. The van der Waals surface area contributed by atoms with Gasteiger partial charge in [0, 0.05) is 6.08 Å². The summed E-state index contributed by atoms with van der Waals surface area (Å²) < 4.78 is 9.26. The van der Waals surface area contributed by atoms with Crippen LogP contribution in [0.2, 0.25) is 0 Å². The molecule has 0 amide bonds. The van der Waals surface area contributed by atoms with Gasteiger partial charge < -0.3 is 14.6 Å². The molecule has 2 aliphatic rings. The van der Waals surface area contributed by atoms with Crippen LogP contribution in [0.3, 0.4) is 0 Å². The van der Waals surface area contributed by atoms with E-state index in [1.54, 1.807) is 48.5 Å². The van der Waals surface area contributed by atoms with Crippen LogP contribution in [-0.4, -0.2) is 34.6 Å². The minimum Gasteiger partial charge on any atom is -0.478 e. The molecule has 0 fully saturated rings. The number of aliphatic carboxylic acids is 1. The first-order valence-electron chi connectivity index (χ1n) is 7.41. The third kappa shape index (κ3) is 4.51. The Kier molecular flexibility index (Phi) is 5.95. The number of carbonyl (C=O) groups is 5. The Hall–Kier alpha value is -4.07. The highest BCUT2D eigenvalue weighted by Gasteiger charge is 2.30. The van der Waals surface area contributed by atoms with Crippen molar-refractivity contribution in [2.45, 2.75) is 0 Å². The molecule has 2 aromatic carbocycles. The number of esters is 2. The summed E-state index contributed by atoms with van der Waals surface area (Å²) in [5.74, 6) is -2.94. The lowest BCUT2D eigenvalue weighted by atomic mass is 10.1. The van der Waals surface area contributed by atoms with Gasteiger partial charge in [-0.3, -0.25) is 9.59 Å². The van der Waals surface area contributed by atoms with Gasteiger partial charge in [-0.25, -0.2) is 14.4 Å². The number of ketones is 2. The summed E-state index contributed by atoms with van der Waals surface area (Å²) >= 11 is 0. The van der Waals surface area contributed by atoms with Gasteiger partial charge in [-0.2, -0.15) is 0 Å². The van der Waals surface area contributed by atoms with Crippen LogP contribution in [0.1, 0.15) is 20.7 Å². The lowest BCUT2D eigenvalue weighted by Crippen LogP contribution is -2.10. The first-order valence-corrected chi connectivity index (χ1v) is 7.41. The van der Waals surface area contributed by atoms with Gasteiger partial charge in [0.25, 0.3) is 11.6 Å². The zero-order chi connectivity index (χ0) is 20.0. The van der Waals surface area contributed by atoms with E-state index >= 15 is 0 Å². The number of para-hydroxylation sites is 2. The Morgan fingerprint density at radius 1 is 0.778 bits per heavy atom. The summed E-state index contributed by atoms with van der Waals surface area (Å²) in [5.41, 5.74) is 0.718. The highest BCUT2D eigenvalue weighted by Crippen LogP contribution is 2.25. The van der Waals surface area contributed by atoms with Crippen LogP contribution < -0.4 is 9.47 Å². The fourth-order valence-electron chi connectivity index (χ4n) is 2.00. The molecule has 136 valence electrons. The largest absolute Gasteiger partial charge is 0.478 e. The normalized spacial score (nSPS) is 13.0. The molecule has 27 heavy (non-hydrogen) atoms. The molecule has 4 rings (SSSR count). The van der Waals surface area contributed by atoms with E-state index in [0.29, 0.717) is 22.6 Å². The molecule has 1 N–H and O–H groups in total. The molecular formula is C19H12O8. The van der Waals surface area contributed by atoms with Crippen molar-refractivity contribution in [2.24, 2.45) is 0 Å². The number of ether oxygens (including phenoxy) is 2. The summed E-state index contributed by atoms with van der Waals surface area (Å²) in [5, 5.41) is 7.60. The van der Waals surface area contributed by atoms with Crippen LogP contribution in [0.5, 0.6) is 11.5 Å². The highest BCUT2D eigenvalue weighted by atomic mass is 16.6. The second kappa shape index (κ2) is 8.34. The van der Waals surface area contributed by atoms with E-state index in [2.05, 4.69) is 16.1 Å². The molecule has 0 saturated heterocycles. The molecular weight excluding hydrogens is 356 g/mol. The summed E-state index contributed by atoms with van der Waals surface area (Å²) in [7, 11) is 0. The second-order valence-electron chi connectivity index (χ2n) is 4.97. The van der Waals surface area contributed by atoms with E-state index in [0.717, 1.165) is 6.08 Å². The topological polar surface area (TPSA) is 124 Å². The van der Waals surface area contributed by atoms with E-state index in [-0.39, 0.29) is 0 Å². The molecule has 0 atom stereocenters. The van der Waals surface area contributed by atoms with Gasteiger partial charge in [-0.1, -0.05) is 30.8 Å². The number of carbonyl (C=O) groups excluding carboxylic acids is 4. The molecule has 0 radical (unpaired) electrons. The first-order chi connectivity index (χ1) is 12.8. The van der Waals surface area contributed by atoms with Crippen molar-refractivity contribution < 1.29 is 38.6 Å². The number of hydrogen-bond acceptors (Lipinski definition) is 7. The number of carboxylic acids is 1. The zero-order valence-corrected chi connectivity index (χ0v) is 13.7. The maximum Gasteiger partial charge on any atom is 0.385 e. The van der Waals surface area contributed by atoms with Crippen molar-refractivity contribution in [1.29, 1.82) is 0 Å². The van der Waals surface area contributed by atoms with Crippen molar-refractivity contribution in [3.05, 3.63) is 72.3 Å². The smallest absolute Gasteiger partial charge is 0.385 e. The van der Waals surface area contributed by atoms with Crippen molar-refractivity contribution in [1.82, 2.24) is 0 Å². The molecule has 0 aromatic heterocycles. The fourth-order valence-corrected chi connectivity index (χ4v) is 2.00. The zero-order valence-electron chi connectivity index (χ0n) is 13.7. The number of carboxylic acid groups (broad SMARTS) is 1. The standard InChI is InChI=1S/2C8H4O3.C3H4O2/c2*9-7-5-3-1-2-4-6(5)11-8(7)10;1-2-3(4)5/h2*1-4H;2H,1H2,(H,4,5). The Labute approximate surface area is 152 Å². The van der Waals surface area contributed by atoms with E-state index in [1.165, 1.54) is 0 Å². The van der Waals surface area contributed by atoms with Crippen LogP contribution in [-0.2, 0) is 14.4 Å². The summed E-state index contributed by atoms with van der Waals surface area (Å²) in [4.78, 5) is 52.4. The number of hydrogen-bond donors (Lipinski definition) is 1. The highest BCUT2D eigenvalue weighted by molar-refractivity contribution is 6.44. The van der Waals surface area contributed by atoms with Gasteiger partial charge in [0.2, 0.25) is 0 Å². The van der Waals surface area contributed by atoms with E-state index in [4.69, 9.17) is 5.11 Å². The third-order valence-electron chi connectivity index (χ3n) is 3.21. The number of benzene rings is 2. The molecule has 0 aliphatic carbocycles. The third-order valence-corrected chi connectivity index (χ3v) is 3.21. The Morgan fingerprint density at radius 3 is 1.41 bits per heavy atom. The van der Waals surface area contributed by atoms with Crippen LogP contribution >= 0.6 is 0 Å². The second-order valence-corrected chi connectivity index (χ2v) is 4.97. The molecule has 8 heteroatoms. The van der Waals surface area contributed by atoms with Gasteiger partial charge in [-0.05, 0) is 24.3 Å². The van der Waals surface area contributed by atoms with E-state index < -0.39 is 29.5 Å². The SMILES string of the molecule is C=CC(=O)O.O=C1Oc2ccccc2C1=O.O=C1Oc2ccccc2C1=O. The average molecular weight is 368 g/mol. The van der Waals surface area contributed by atoms with Crippen LogP contribution in [0.15, 0.2) is 61.2 Å². The van der Waals surface area contributed by atoms with Gasteiger partial charge >= 0.3 is 17.9 Å². The number of fused-ring (bicyclic) bond motifs is 2. The first kappa shape index (κ1) is 19.3. The molecule has 2 aromatic rings. The van der Waals surface area contributed by atoms with Crippen molar-refractivity contribution in [3.8, 4) is 11.5 Å². The van der Waals surface area contributed by atoms with Gasteiger partial charge in [0.05, 0.1) is 11.1 Å². The van der Waals surface area contributed by atoms with Crippen LogP contribution in [0, 0.1) is 0 Å². The van der Waals surface area contributed by atoms with Crippen molar-refractivity contribution in [2.75, 3.05) is 0 Å². The van der Waals surface area contributed by atoms with Gasteiger partial charge in [0.15, 0.2) is 0 Å². The molecule has 2 aliphatic heterocycles. The van der Waals surface area contributed by atoms with Crippen LogP contribution in [0.25, 0.3) is 0 Å². The monoisotopic (exact) mass is 368 g/mol. The molecule has 0 spiro atoms. The quantitative estimate of drug-likeness (QED) is 0.350. The molecule has 0 unspecified atom stereocenters. The van der Waals surface area contributed by atoms with E-state index in [1.807, 2.05) is 0 Å². The average Bonchev–Trinajstić information content (AvgIpc) is 3.12. The summed E-state index contributed by atoms with van der Waals surface area (Å²) in [6.07, 6.45) is 0.833. The lowest BCUT2D eigenvalue weighted by molar-refractivity contribution is -0.131. The molecule has 0 saturated carbocycles. The molecule has 8 nitrogen and oxygen atoms in total. The summed E-state index contributed by atoms with van der Waals surface area (Å²) in [6.45, 7) is 2.96. The fraction of sp³-hybridized carbons (Fsp3) is 0. The Bertz CT molecular complexity index is 888. The maximum atomic E-state index is 10.9. The van der Waals surface area contributed by atoms with Crippen molar-refractivity contribution >= 4 is 29.5 Å². The number of Topliss-reactive ketones (excluding diaryl/α,β-unsaturated/α-hetero) is 2. The van der Waals surface area contributed by atoms with E-state index in [9.17, 15) is 24.0 Å². The molecule has 2 heterocycles. The van der Waals surface area contributed by atoms with Gasteiger partial charge in [-0.15, -0.1) is 0 Å². The number of rotatable bonds is 1. The minimum absolute atomic E-state index is 0.359. The van der Waals surface area contributed by atoms with Crippen LogP contribution in [0.4, 0.5) is 0 Å². The lowest BCUT2D eigenvalue weighted by Gasteiger charge is -1.90. The maximum absolute atomic E-state index is 10.9. The minimum atomic E-state index is -0.981. The van der Waals surface area contributed by atoms with Crippen molar-refractivity contribution in [3.63, 3.8) is 0 Å². The molecule has 0 bridgehead atoms.